The third-order valence-corrected chi connectivity index (χ3v) is 3.45. The van der Waals surface area contributed by atoms with Gasteiger partial charge in [-0.3, -0.25) is 0 Å². The molecule has 0 saturated carbocycles. The van der Waals surface area contributed by atoms with Gasteiger partial charge in [-0.25, -0.2) is 0 Å². The zero-order valence-corrected chi connectivity index (χ0v) is 10.0. The van der Waals surface area contributed by atoms with Gasteiger partial charge in [-0.2, -0.15) is 0 Å². The molecule has 1 heterocycles. The Morgan fingerprint density at radius 1 is 0.786 bits per heavy atom. The second kappa shape index (κ2) is 7.28. The first-order valence-electron chi connectivity index (χ1n) is 6.52. The summed E-state index contributed by atoms with van der Waals surface area (Å²) in [5, 5.41) is 3.62. The average molecular weight is 197 g/mol. The number of rotatable bonds is 0. The minimum Gasteiger partial charge on any atom is -0.314 e. The average Bonchev–Trinajstić information content (AvgIpc) is 2.16. The number of nitrogens with one attached hydrogen (secondary N) is 1. The van der Waals surface area contributed by atoms with E-state index in [1.54, 1.807) is 0 Å². The van der Waals surface area contributed by atoms with Gasteiger partial charge < -0.3 is 5.32 Å². The van der Waals surface area contributed by atoms with Crippen LogP contribution in [0.2, 0.25) is 0 Å². The molecule has 1 rings (SSSR count). The van der Waals surface area contributed by atoms with Crippen molar-refractivity contribution in [2.75, 3.05) is 6.54 Å². The van der Waals surface area contributed by atoms with Crippen LogP contribution in [0.4, 0.5) is 0 Å². The minimum absolute atomic E-state index is 0.740. The molecule has 0 bridgehead atoms. The molecule has 0 aromatic rings. The maximum atomic E-state index is 3.62. The molecule has 1 N–H and O–H groups in total. The van der Waals surface area contributed by atoms with Gasteiger partial charge in [-0.1, -0.05) is 39.0 Å². The van der Waals surface area contributed by atoms with Crippen LogP contribution < -0.4 is 5.32 Å². The van der Waals surface area contributed by atoms with E-state index in [4.69, 9.17) is 0 Å². The van der Waals surface area contributed by atoms with Gasteiger partial charge >= 0.3 is 0 Å². The zero-order chi connectivity index (χ0) is 10.2. The van der Waals surface area contributed by atoms with E-state index in [1.807, 2.05) is 0 Å². The highest BCUT2D eigenvalue weighted by atomic mass is 14.9. The lowest BCUT2D eigenvalue weighted by Crippen LogP contribution is -2.27. The van der Waals surface area contributed by atoms with Gasteiger partial charge in [-0.05, 0) is 38.6 Å². The summed E-state index contributed by atoms with van der Waals surface area (Å²) < 4.78 is 0. The third kappa shape index (κ3) is 5.64. The molecule has 0 aromatic heterocycles. The van der Waals surface area contributed by atoms with E-state index < -0.39 is 0 Å². The van der Waals surface area contributed by atoms with Crippen molar-refractivity contribution in [2.24, 2.45) is 5.92 Å². The van der Waals surface area contributed by atoms with Gasteiger partial charge in [0.15, 0.2) is 0 Å². The fourth-order valence-electron chi connectivity index (χ4n) is 2.34. The van der Waals surface area contributed by atoms with Crippen LogP contribution in [0.1, 0.15) is 65.2 Å². The Labute approximate surface area is 89.7 Å². The largest absolute Gasteiger partial charge is 0.314 e. The van der Waals surface area contributed by atoms with Crippen LogP contribution in [0.25, 0.3) is 0 Å². The Morgan fingerprint density at radius 2 is 1.43 bits per heavy atom. The van der Waals surface area contributed by atoms with Gasteiger partial charge in [0, 0.05) is 6.04 Å². The van der Waals surface area contributed by atoms with Crippen molar-refractivity contribution in [2.45, 2.75) is 71.3 Å². The van der Waals surface area contributed by atoms with Gasteiger partial charge in [-0.15, -0.1) is 0 Å². The van der Waals surface area contributed by atoms with Crippen LogP contribution in [0, 0.1) is 5.92 Å². The zero-order valence-electron chi connectivity index (χ0n) is 10.0. The molecule has 0 amide bonds. The Hall–Kier alpha value is -0.0400. The van der Waals surface area contributed by atoms with E-state index in [2.05, 4.69) is 19.2 Å². The lowest BCUT2D eigenvalue weighted by molar-refractivity contribution is 0.402. The van der Waals surface area contributed by atoms with Crippen LogP contribution in [0.3, 0.4) is 0 Å². The summed E-state index contributed by atoms with van der Waals surface area (Å²) >= 11 is 0. The monoisotopic (exact) mass is 197 g/mol. The Bertz CT molecular complexity index is 117. The SMILES string of the molecule is CC1CCCCCCC(C)NCCC1. The summed E-state index contributed by atoms with van der Waals surface area (Å²) in [7, 11) is 0. The van der Waals surface area contributed by atoms with Crippen molar-refractivity contribution in [1.82, 2.24) is 5.32 Å². The molecule has 1 saturated heterocycles. The summed E-state index contributed by atoms with van der Waals surface area (Å²) in [6.07, 6.45) is 11.4. The fraction of sp³-hybridized carbons (Fsp3) is 1.00. The van der Waals surface area contributed by atoms with Crippen LogP contribution >= 0.6 is 0 Å². The van der Waals surface area contributed by atoms with E-state index in [-0.39, 0.29) is 0 Å². The highest BCUT2D eigenvalue weighted by Crippen LogP contribution is 2.16. The normalized spacial score (nSPS) is 33.0. The Morgan fingerprint density at radius 3 is 2.21 bits per heavy atom. The van der Waals surface area contributed by atoms with E-state index in [9.17, 15) is 0 Å². The van der Waals surface area contributed by atoms with Crippen molar-refractivity contribution in [3.8, 4) is 0 Å². The highest BCUT2D eigenvalue weighted by Gasteiger charge is 2.05. The fourth-order valence-corrected chi connectivity index (χ4v) is 2.34. The standard InChI is InChI=1S/C13H27N/c1-12-8-5-3-4-6-10-13(2)14-11-7-9-12/h12-14H,3-11H2,1-2H3. The van der Waals surface area contributed by atoms with Crippen LogP contribution in [0.5, 0.6) is 0 Å². The van der Waals surface area contributed by atoms with Crippen molar-refractivity contribution in [3.63, 3.8) is 0 Å². The third-order valence-electron chi connectivity index (χ3n) is 3.45. The van der Waals surface area contributed by atoms with Crippen LogP contribution in [-0.4, -0.2) is 12.6 Å². The molecular weight excluding hydrogens is 170 g/mol. The van der Waals surface area contributed by atoms with Gasteiger partial charge in [0.1, 0.15) is 0 Å². The summed E-state index contributed by atoms with van der Waals surface area (Å²) in [5.74, 6) is 0.950. The predicted molar refractivity (Wildman–Crippen MR) is 63.6 cm³/mol. The molecule has 1 aliphatic rings. The van der Waals surface area contributed by atoms with Gasteiger partial charge in [0.05, 0.1) is 0 Å². The highest BCUT2D eigenvalue weighted by molar-refractivity contribution is 4.64. The summed E-state index contributed by atoms with van der Waals surface area (Å²) in [4.78, 5) is 0. The Kier molecular flexibility index (Phi) is 6.25. The van der Waals surface area contributed by atoms with Crippen LogP contribution in [0.15, 0.2) is 0 Å². The molecule has 14 heavy (non-hydrogen) atoms. The number of hydrogen-bond acceptors (Lipinski definition) is 1. The molecule has 1 fully saturated rings. The molecular formula is C13H27N. The van der Waals surface area contributed by atoms with Gasteiger partial charge in [0.2, 0.25) is 0 Å². The molecule has 2 unspecified atom stereocenters. The summed E-state index contributed by atoms with van der Waals surface area (Å²) in [6, 6.07) is 0.740. The van der Waals surface area contributed by atoms with Crippen molar-refractivity contribution in [3.05, 3.63) is 0 Å². The van der Waals surface area contributed by atoms with Crippen LogP contribution in [-0.2, 0) is 0 Å². The quantitative estimate of drug-likeness (QED) is 0.624. The number of hydrogen-bond donors (Lipinski definition) is 1. The van der Waals surface area contributed by atoms with E-state index >= 15 is 0 Å². The smallest absolute Gasteiger partial charge is 0.00387 e. The van der Waals surface area contributed by atoms with E-state index in [0.29, 0.717) is 0 Å². The molecule has 84 valence electrons. The maximum absolute atomic E-state index is 3.62. The second-order valence-electron chi connectivity index (χ2n) is 5.09. The summed E-state index contributed by atoms with van der Waals surface area (Å²) in [6.45, 7) is 5.97. The van der Waals surface area contributed by atoms with Gasteiger partial charge in [0.25, 0.3) is 0 Å². The van der Waals surface area contributed by atoms with Crippen molar-refractivity contribution in [1.29, 1.82) is 0 Å². The lowest BCUT2D eigenvalue weighted by atomic mass is 9.96. The minimum atomic E-state index is 0.740. The topological polar surface area (TPSA) is 12.0 Å². The first-order valence-corrected chi connectivity index (χ1v) is 6.52. The lowest BCUT2D eigenvalue weighted by Gasteiger charge is -2.17. The van der Waals surface area contributed by atoms with E-state index in [1.165, 1.54) is 57.9 Å². The molecule has 1 nitrogen and oxygen atoms in total. The molecule has 0 aromatic carbocycles. The van der Waals surface area contributed by atoms with Crippen molar-refractivity contribution < 1.29 is 0 Å². The maximum Gasteiger partial charge on any atom is 0.00387 e. The Balaban J connectivity index is 2.20. The first-order chi connectivity index (χ1) is 6.79. The second-order valence-corrected chi connectivity index (χ2v) is 5.09. The van der Waals surface area contributed by atoms with E-state index in [0.717, 1.165) is 12.0 Å². The van der Waals surface area contributed by atoms with Crippen molar-refractivity contribution >= 4 is 0 Å². The molecule has 1 heteroatoms. The first kappa shape index (κ1) is 12.0. The molecule has 0 aliphatic carbocycles. The molecule has 2 atom stereocenters. The summed E-state index contributed by atoms with van der Waals surface area (Å²) in [5.41, 5.74) is 0. The molecule has 1 aliphatic heterocycles. The predicted octanol–water partition coefficient (Wildman–Crippen LogP) is 3.74. The molecule has 0 spiro atoms. The molecule has 0 radical (unpaired) electrons.